The summed E-state index contributed by atoms with van der Waals surface area (Å²) in [5, 5.41) is 14.0. The molecule has 2 aromatic rings. The molecule has 1 aromatic carbocycles. The molecule has 0 aliphatic heterocycles. The van der Waals surface area contributed by atoms with Crippen LogP contribution < -0.4 is 15.4 Å². The number of nitrogens with zero attached hydrogens (tertiary/aromatic N) is 2. The molecule has 1 aromatic heterocycles. The van der Waals surface area contributed by atoms with Crippen LogP contribution >= 0.6 is 0 Å². The first-order valence-corrected chi connectivity index (χ1v) is 6.10. The van der Waals surface area contributed by atoms with Gasteiger partial charge in [-0.2, -0.15) is 0 Å². The van der Waals surface area contributed by atoms with Gasteiger partial charge in [0.2, 0.25) is 5.89 Å². The van der Waals surface area contributed by atoms with Crippen LogP contribution in [0.25, 0.3) is 0 Å². The van der Waals surface area contributed by atoms with Crippen molar-refractivity contribution in [3.63, 3.8) is 0 Å². The van der Waals surface area contributed by atoms with E-state index >= 15 is 0 Å². The second-order valence-corrected chi connectivity index (χ2v) is 4.17. The van der Waals surface area contributed by atoms with Crippen LogP contribution in [-0.2, 0) is 6.54 Å². The first kappa shape index (κ1) is 13.4. The number of aromatic nitrogens is 2. The summed E-state index contributed by atoms with van der Waals surface area (Å²) in [5.41, 5.74) is 1.12. The Hall–Kier alpha value is -2.08. The molecule has 0 saturated heterocycles. The van der Waals surface area contributed by atoms with Crippen LogP contribution in [0.4, 0.5) is 6.01 Å². The average Bonchev–Trinajstić information content (AvgIpc) is 2.86. The van der Waals surface area contributed by atoms with Crippen LogP contribution in [0.2, 0.25) is 0 Å². The van der Waals surface area contributed by atoms with Crippen LogP contribution in [0, 0.1) is 0 Å². The van der Waals surface area contributed by atoms with E-state index in [0.29, 0.717) is 18.5 Å². The number of hydrogen-bond acceptors (Lipinski definition) is 6. The van der Waals surface area contributed by atoms with Crippen molar-refractivity contribution in [3.8, 4) is 5.75 Å². The molecule has 0 spiro atoms. The van der Waals surface area contributed by atoms with Gasteiger partial charge in [-0.3, -0.25) is 0 Å². The van der Waals surface area contributed by atoms with Gasteiger partial charge in [0.15, 0.2) is 0 Å². The second kappa shape index (κ2) is 6.19. The molecule has 6 nitrogen and oxygen atoms in total. The Morgan fingerprint density at radius 1 is 1.26 bits per heavy atom. The van der Waals surface area contributed by atoms with E-state index < -0.39 is 0 Å². The molecule has 0 aliphatic carbocycles. The molecule has 0 bridgehead atoms. The molecule has 2 rings (SSSR count). The molecular weight excluding hydrogens is 244 g/mol. The summed E-state index contributed by atoms with van der Waals surface area (Å²) in [6.45, 7) is 2.59. The Labute approximate surface area is 112 Å². The molecule has 1 heterocycles. The van der Waals surface area contributed by atoms with E-state index in [-0.39, 0.29) is 6.04 Å². The Morgan fingerprint density at radius 2 is 2.00 bits per heavy atom. The van der Waals surface area contributed by atoms with Crippen LogP contribution in [0.3, 0.4) is 0 Å². The van der Waals surface area contributed by atoms with Gasteiger partial charge in [0.25, 0.3) is 0 Å². The highest BCUT2D eigenvalue weighted by atomic mass is 16.5. The highest BCUT2D eigenvalue weighted by Gasteiger charge is 2.10. The third kappa shape index (κ3) is 3.45. The van der Waals surface area contributed by atoms with Crippen LogP contribution in [0.5, 0.6) is 5.75 Å². The molecule has 6 heteroatoms. The quantitative estimate of drug-likeness (QED) is 0.829. The lowest BCUT2D eigenvalue weighted by Gasteiger charge is -2.12. The molecule has 0 radical (unpaired) electrons. The number of nitrogens with one attached hydrogen (secondary N) is 2. The number of rotatable bonds is 6. The fraction of sp³-hybridized carbons (Fsp3) is 0.385. The molecular formula is C13H18N4O2. The first-order valence-electron chi connectivity index (χ1n) is 6.10. The second-order valence-electron chi connectivity index (χ2n) is 4.17. The SMILES string of the molecule is CNCc1nnc(NC(C)c2ccc(OC)cc2)o1. The van der Waals surface area contributed by atoms with Crippen molar-refractivity contribution in [1.82, 2.24) is 15.5 Å². The Bertz CT molecular complexity index is 510. The monoisotopic (exact) mass is 262 g/mol. The van der Waals surface area contributed by atoms with Crippen molar-refractivity contribution >= 4 is 6.01 Å². The number of benzene rings is 1. The van der Waals surface area contributed by atoms with E-state index in [0.717, 1.165) is 11.3 Å². The minimum atomic E-state index is 0.0776. The Morgan fingerprint density at radius 3 is 2.63 bits per heavy atom. The van der Waals surface area contributed by atoms with E-state index in [1.54, 1.807) is 7.11 Å². The lowest BCUT2D eigenvalue weighted by molar-refractivity contribution is 0.414. The van der Waals surface area contributed by atoms with E-state index in [1.165, 1.54) is 0 Å². The summed E-state index contributed by atoms with van der Waals surface area (Å²) in [5.74, 6) is 1.40. The zero-order valence-corrected chi connectivity index (χ0v) is 11.3. The van der Waals surface area contributed by atoms with E-state index in [2.05, 4.69) is 20.8 Å². The summed E-state index contributed by atoms with van der Waals surface area (Å²) in [6.07, 6.45) is 0. The Balaban J connectivity index is 2.00. The molecule has 0 amide bonds. The molecule has 1 atom stereocenters. The summed E-state index contributed by atoms with van der Waals surface area (Å²) in [7, 11) is 3.48. The third-order valence-corrected chi connectivity index (χ3v) is 2.75. The van der Waals surface area contributed by atoms with Crippen molar-refractivity contribution in [2.45, 2.75) is 19.5 Å². The molecule has 1 unspecified atom stereocenters. The summed E-state index contributed by atoms with van der Waals surface area (Å²) in [6, 6.07) is 8.35. The normalized spacial score (nSPS) is 12.2. The Kier molecular flexibility index (Phi) is 4.35. The molecule has 0 aliphatic rings. The van der Waals surface area contributed by atoms with Crippen molar-refractivity contribution in [2.24, 2.45) is 0 Å². The molecule has 0 saturated carbocycles. The lowest BCUT2D eigenvalue weighted by atomic mass is 10.1. The van der Waals surface area contributed by atoms with E-state index in [1.807, 2.05) is 38.2 Å². The van der Waals surface area contributed by atoms with Gasteiger partial charge in [0, 0.05) is 0 Å². The first-order chi connectivity index (χ1) is 9.22. The minimum absolute atomic E-state index is 0.0776. The van der Waals surface area contributed by atoms with E-state index in [9.17, 15) is 0 Å². The molecule has 2 N–H and O–H groups in total. The largest absolute Gasteiger partial charge is 0.497 e. The number of anilines is 1. The summed E-state index contributed by atoms with van der Waals surface area (Å²) in [4.78, 5) is 0. The maximum Gasteiger partial charge on any atom is 0.315 e. The zero-order chi connectivity index (χ0) is 13.7. The number of hydrogen-bond donors (Lipinski definition) is 2. The van der Waals surface area contributed by atoms with Crippen LogP contribution in [0.1, 0.15) is 24.4 Å². The highest BCUT2D eigenvalue weighted by molar-refractivity contribution is 5.33. The standard InChI is InChI=1S/C13H18N4O2/c1-9(10-4-6-11(18-3)7-5-10)15-13-17-16-12(19-13)8-14-2/h4-7,9,14H,8H2,1-3H3,(H,15,17). The predicted octanol–water partition coefficient (Wildman–Crippen LogP) is 1.97. The van der Waals surface area contributed by atoms with Gasteiger partial charge in [-0.05, 0) is 31.7 Å². The maximum atomic E-state index is 5.44. The van der Waals surface area contributed by atoms with Gasteiger partial charge < -0.3 is 19.8 Å². The van der Waals surface area contributed by atoms with Gasteiger partial charge in [0.05, 0.1) is 19.7 Å². The zero-order valence-electron chi connectivity index (χ0n) is 11.3. The summed E-state index contributed by atoms with van der Waals surface area (Å²) >= 11 is 0. The van der Waals surface area contributed by atoms with Gasteiger partial charge >= 0.3 is 6.01 Å². The maximum absolute atomic E-state index is 5.44. The predicted molar refractivity (Wildman–Crippen MR) is 72.1 cm³/mol. The van der Waals surface area contributed by atoms with E-state index in [4.69, 9.17) is 9.15 Å². The minimum Gasteiger partial charge on any atom is -0.497 e. The highest BCUT2D eigenvalue weighted by Crippen LogP contribution is 2.20. The van der Waals surface area contributed by atoms with Gasteiger partial charge in [-0.15, -0.1) is 5.10 Å². The third-order valence-electron chi connectivity index (χ3n) is 2.75. The fourth-order valence-corrected chi connectivity index (χ4v) is 1.70. The lowest BCUT2D eigenvalue weighted by Crippen LogP contribution is -2.06. The van der Waals surface area contributed by atoms with Crippen LogP contribution in [0.15, 0.2) is 28.7 Å². The molecule has 102 valence electrons. The fourth-order valence-electron chi connectivity index (χ4n) is 1.70. The summed E-state index contributed by atoms with van der Waals surface area (Å²) < 4.78 is 10.6. The number of ether oxygens (including phenoxy) is 1. The van der Waals surface area contributed by atoms with Gasteiger partial charge in [0.1, 0.15) is 5.75 Å². The average molecular weight is 262 g/mol. The van der Waals surface area contributed by atoms with Crippen molar-refractivity contribution in [3.05, 3.63) is 35.7 Å². The van der Waals surface area contributed by atoms with Crippen molar-refractivity contribution < 1.29 is 9.15 Å². The number of methoxy groups -OCH3 is 1. The van der Waals surface area contributed by atoms with Gasteiger partial charge in [-0.25, -0.2) is 0 Å². The van der Waals surface area contributed by atoms with Crippen LogP contribution in [-0.4, -0.2) is 24.4 Å². The van der Waals surface area contributed by atoms with Crippen molar-refractivity contribution in [1.29, 1.82) is 0 Å². The smallest absolute Gasteiger partial charge is 0.315 e. The van der Waals surface area contributed by atoms with Gasteiger partial charge in [-0.1, -0.05) is 17.2 Å². The molecule has 0 fully saturated rings. The van der Waals surface area contributed by atoms with Crippen molar-refractivity contribution in [2.75, 3.05) is 19.5 Å². The molecule has 19 heavy (non-hydrogen) atoms. The topological polar surface area (TPSA) is 72.2 Å².